The van der Waals surface area contributed by atoms with Crippen molar-refractivity contribution >= 4 is 29.9 Å². The Bertz CT molecular complexity index is 991. The topological polar surface area (TPSA) is 72.7 Å². The molecule has 3 aromatic rings. The first-order valence-corrected chi connectivity index (χ1v) is 11.0. The Morgan fingerprint density at radius 2 is 1.88 bits per heavy atom. The van der Waals surface area contributed by atoms with E-state index in [1.807, 2.05) is 31.5 Å². The van der Waals surface area contributed by atoms with Gasteiger partial charge < -0.3 is 24.7 Å². The summed E-state index contributed by atoms with van der Waals surface area (Å²) in [5.41, 5.74) is 2.47. The molecular formula is C25H34IN5O2. The lowest BCUT2D eigenvalue weighted by Crippen LogP contribution is -2.38. The van der Waals surface area contributed by atoms with Crippen molar-refractivity contribution in [3.63, 3.8) is 0 Å². The number of guanidine groups is 1. The second-order valence-electron chi connectivity index (χ2n) is 7.33. The van der Waals surface area contributed by atoms with Crippen LogP contribution in [0.2, 0.25) is 0 Å². The van der Waals surface area contributed by atoms with E-state index in [1.165, 1.54) is 11.1 Å². The fourth-order valence-corrected chi connectivity index (χ4v) is 3.46. The summed E-state index contributed by atoms with van der Waals surface area (Å²) in [4.78, 5) is 8.82. The quantitative estimate of drug-likeness (QED) is 0.158. The maximum absolute atomic E-state index is 5.67. The Labute approximate surface area is 213 Å². The van der Waals surface area contributed by atoms with Crippen molar-refractivity contribution in [3.8, 4) is 11.5 Å². The fourth-order valence-electron chi connectivity index (χ4n) is 3.46. The summed E-state index contributed by atoms with van der Waals surface area (Å²) in [6.45, 7) is 4.81. The highest BCUT2D eigenvalue weighted by atomic mass is 127. The largest absolute Gasteiger partial charge is 0.493 e. The van der Waals surface area contributed by atoms with Crippen LogP contribution in [0.5, 0.6) is 11.5 Å². The minimum Gasteiger partial charge on any atom is -0.493 e. The molecule has 0 unspecified atom stereocenters. The molecule has 0 radical (unpaired) electrons. The zero-order valence-electron chi connectivity index (χ0n) is 19.6. The van der Waals surface area contributed by atoms with E-state index in [0.717, 1.165) is 49.2 Å². The predicted molar refractivity (Wildman–Crippen MR) is 144 cm³/mol. The second-order valence-corrected chi connectivity index (χ2v) is 7.33. The zero-order valence-corrected chi connectivity index (χ0v) is 21.9. The molecule has 2 aromatic carbocycles. The van der Waals surface area contributed by atoms with Crippen molar-refractivity contribution in [1.29, 1.82) is 0 Å². The minimum absolute atomic E-state index is 0. The monoisotopic (exact) mass is 563 g/mol. The number of aliphatic imine (C=N–C) groups is 1. The number of aryl methyl sites for hydroxylation is 1. The molecule has 0 aliphatic heterocycles. The lowest BCUT2D eigenvalue weighted by atomic mass is 10.1. The summed E-state index contributed by atoms with van der Waals surface area (Å²) >= 11 is 0. The van der Waals surface area contributed by atoms with E-state index >= 15 is 0 Å². The number of aromatic nitrogens is 2. The van der Waals surface area contributed by atoms with Gasteiger partial charge in [-0.05, 0) is 43.0 Å². The van der Waals surface area contributed by atoms with Gasteiger partial charge >= 0.3 is 0 Å². The molecule has 33 heavy (non-hydrogen) atoms. The Morgan fingerprint density at radius 1 is 1.06 bits per heavy atom. The highest BCUT2D eigenvalue weighted by Gasteiger charge is 2.07. The summed E-state index contributed by atoms with van der Waals surface area (Å²) in [6, 6.07) is 16.5. The summed E-state index contributed by atoms with van der Waals surface area (Å²) in [7, 11) is 3.44. The van der Waals surface area contributed by atoms with Crippen molar-refractivity contribution in [2.45, 2.75) is 32.9 Å². The van der Waals surface area contributed by atoms with E-state index in [1.54, 1.807) is 14.2 Å². The van der Waals surface area contributed by atoms with Crippen molar-refractivity contribution in [3.05, 3.63) is 77.9 Å². The molecule has 0 atom stereocenters. The van der Waals surface area contributed by atoms with Crippen LogP contribution in [0.4, 0.5) is 0 Å². The Kier molecular flexibility index (Phi) is 11.6. The number of imidazole rings is 1. The molecule has 1 heterocycles. The smallest absolute Gasteiger partial charge is 0.191 e. The van der Waals surface area contributed by atoms with Crippen LogP contribution < -0.4 is 20.1 Å². The van der Waals surface area contributed by atoms with Gasteiger partial charge in [0.2, 0.25) is 0 Å². The first-order chi connectivity index (χ1) is 15.7. The number of nitrogens with one attached hydrogen (secondary N) is 2. The van der Waals surface area contributed by atoms with Crippen LogP contribution in [0.15, 0.2) is 65.9 Å². The predicted octanol–water partition coefficient (Wildman–Crippen LogP) is 4.25. The number of hydrogen-bond donors (Lipinski definition) is 2. The molecule has 7 nitrogen and oxygen atoms in total. The fraction of sp³-hybridized carbons (Fsp3) is 0.360. The molecule has 0 saturated heterocycles. The van der Waals surface area contributed by atoms with Crippen LogP contribution >= 0.6 is 24.0 Å². The standard InChI is InChI=1S/C25H33N5O2.HI/c1-4-32-23-17-20(12-13-22(23)31-3)11-8-14-28-25(26-2)29-18-24-27-15-16-30(24)19-21-9-6-5-7-10-21;/h5-7,9-10,12-13,15-17H,4,8,11,14,18-19H2,1-3H3,(H2,26,28,29);1H. The van der Waals surface area contributed by atoms with Crippen molar-refractivity contribution in [2.24, 2.45) is 4.99 Å². The van der Waals surface area contributed by atoms with Gasteiger partial charge in [0.05, 0.1) is 20.3 Å². The number of benzene rings is 2. The number of halogens is 1. The van der Waals surface area contributed by atoms with E-state index in [9.17, 15) is 0 Å². The average Bonchev–Trinajstić information content (AvgIpc) is 3.26. The van der Waals surface area contributed by atoms with Gasteiger partial charge in [-0.2, -0.15) is 0 Å². The third kappa shape index (κ3) is 8.27. The second kappa shape index (κ2) is 14.4. The molecule has 8 heteroatoms. The van der Waals surface area contributed by atoms with E-state index in [2.05, 4.69) is 61.6 Å². The number of hydrogen-bond acceptors (Lipinski definition) is 4. The SMILES string of the molecule is CCOc1cc(CCCNC(=NC)NCc2nccn2Cc2ccccc2)ccc1OC.I. The molecule has 3 rings (SSSR count). The first kappa shape index (κ1) is 26.5. The summed E-state index contributed by atoms with van der Waals surface area (Å²) in [5, 5.41) is 6.74. The number of nitrogens with zero attached hydrogens (tertiary/aromatic N) is 3. The van der Waals surface area contributed by atoms with Crippen molar-refractivity contribution < 1.29 is 9.47 Å². The minimum atomic E-state index is 0. The van der Waals surface area contributed by atoms with E-state index in [-0.39, 0.29) is 24.0 Å². The number of methoxy groups -OCH3 is 1. The van der Waals surface area contributed by atoms with E-state index in [4.69, 9.17) is 9.47 Å². The average molecular weight is 563 g/mol. The third-order valence-corrected chi connectivity index (χ3v) is 5.10. The molecule has 0 bridgehead atoms. The van der Waals surface area contributed by atoms with Crippen LogP contribution in [0.1, 0.15) is 30.3 Å². The molecule has 1 aromatic heterocycles. The molecule has 0 aliphatic rings. The Morgan fingerprint density at radius 3 is 2.61 bits per heavy atom. The molecule has 0 amide bonds. The van der Waals surface area contributed by atoms with Gasteiger partial charge in [0.15, 0.2) is 17.5 Å². The van der Waals surface area contributed by atoms with Gasteiger partial charge in [-0.15, -0.1) is 24.0 Å². The van der Waals surface area contributed by atoms with Crippen LogP contribution in [0.3, 0.4) is 0 Å². The first-order valence-electron chi connectivity index (χ1n) is 11.0. The Hall–Kier alpha value is -2.75. The van der Waals surface area contributed by atoms with Gasteiger partial charge in [0.1, 0.15) is 5.82 Å². The maximum atomic E-state index is 5.67. The highest BCUT2D eigenvalue weighted by molar-refractivity contribution is 14.0. The van der Waals surface area contributed by atoms with Gasteiger partial charge in [-0.25, -0.2) is 4.98 Å². The normalized spacial score (nSPS) is 10.9. The van der Waals surface area contributed by atoms with Gasteiger partial charge in [0.25, 0.3) is 0 Å². The molecule has 178 valence electrons. The van der Waals surface area contributed by atoms with Crippen molar-refractivity contribution in [2.75, 3.05) is 27.3 Å². The van der Waals surface area contributed by atoms with Gasteiger partial charge in [-0.1, -0.05) is 36.4 Å². The lowest BCUT2D eigenvalue weighted by Gasteiger charge is -2.14. The van der Waals surface area contributed by atoms with Crippen LogP contribution in [0.25, 0.3) is 0 Å². The summed E-state index contributed by atoms with van der Waals surface area (Å²) < 4.78 is 13.2. The molecule has 0 saturated carbocycles. The third-order valence-electron chi connectivity index (χ3n) is 5.10. The number of ether oxygens (including phenoxy) is 2. The molecule has 0 spiro atoms. The van der Waals surface area contributed by atoms with Crippen LogP contribution in [0, 0.1) is 0 Å². The maximum Gasteiger partial charge on any atom is 0.191 e. The zero-order chi connectivity index (χ0) is 22.6. The van der Waals surface area contributed by atoms with Crippen LogP contribution in [-0.4, -0.2) is 42.8 Å². The molecular weight excluding hydrogens is 529 g/mol. The molecule has 0 aliphatic carbocycles. The number of rotatable bonds is 11. The summed E-state index contributed by atoms with van der Waals surface area (Å²) in [5.74, 6) is 3.30. The molecule has 2 N–H and O–H groups in total. The molecule has 0 fully saturated rings. The van der Waals surface area contributed by atoms with E-state index < -0.39 is 0 Å². The van der Waals surface area contributed by atoms with Gasteiger partial charge in [-0.3, -0.25) is 4.99 Å². The van der Waals surface area contributed by atoms with Crippen molar-refractivity contribution in [1.82, 2.24) is 20.2 Å². The lowest BCUT2D eigenvalue weighted by molar-refractivity contribution is 0.310. The Balaban J connectivity index is 0.00000385. The van der Waals surface area contributed by atoms with Crippen LogP contribution in [-0.2, 0) is 19.5 Å². The van der Waals surface area contributed by atoms with E-state index in [0.29, 0.717) is 13.2 Å². The summed E-state index contributed by atoms with van der Waals surface area (Å²) in [6.07, 6.45) is 5.75. The highest BCUT2D eigenvalue weighted by Crippen LogP contribution is 2.28. The van der Waals surface area contributed by atoms with Gasteiger partial charge in [0, 0.05) is 32.5 Å².